The first-order valence-electron chi connectivity index (χ1n) is 11.2. The van der Waals surface area contributed by atoms with Crippen molar-refractivity contribution < 1.29 is 26.3 Å². The summed E-state index contributed by atoms with van der Waals surface area (Å²) in [5.74, 6) is -2.24. The van der Waals surface area contributed by atoms with Crippen molar-refractivity contribution >= 4 is 0 Å². The third-order valence-corrected chi connectivity index (χ3v) is 6.97. The molecule has 0 bridgehead atoms. The minimum absolute atomic E-state index is 0.0805. The summed E-state index contributed by atoms with van der Waals surface area (Å²) in [5.41, 5.74) is -1.04. The van der Waals surface area contributed by atoms with Crippen LogP contribution in [-0.2, 0) is 12.6 Å². The van der Waals surface area contributed by atoms with Gasteiger partial charge in [0, 0.05) is 0 Å². The van der Waals surface area contributed by atoms with Crippen LogP contribution in [0.5, 0.6) is 0 Å². The number of hydrogen-bond donors (Lipinski definition) is 0. The first-order chi connectivity index (χ1) is 15.2. The van der Waals surface area contributed by atoms with Crippen LogP contribution >= 0.6 is 0 Å². The highest BCUT2D eigenvalue weighted by atomic mass is 19.4. The average molecular weight is 452 g/mol. The second-order valence-corrected chi connectivity index (χ2v) is 9.00. The molecule has 0 aliphatic heterocycles. The predicted octanol–water partition coefficient (Wildman–Crippen LogP) is 8.59. The lowest BCUT2D eigenvalue weighted by Gasteiger charge is -2.40. The standard InChI is InChI=1S/C26H26F6/c1-2-3-4-5-15-6-9-18-16(12-15)7-10-19-20(18)14-23(28)24(25(19)29)17-8-11-21(22(27)13-17)26(30,31)32/h4-5,8,11,13-16,18H,2-3,6-7,9-10,12H2,1H3. The summed E-state index contributed by atoms with van der Waals surface area (Å²) in [6, 6.07) is 3.36. The van der Waals surface area contributed by atoms with Crippen LogP contribution in [0, 0.1) is 29.3 Å². The Bertz CT molecular complexity index is 1020. The maximum Gasteiger partial charge on any atom is 0.419 e. The molecule has 4 rings (SSSR count). The molecule has 2 aliphatic carbocycles. The molecule has 0 radical (unpaired) electrons. The second kappa shape index (κ2) is 8.95. The number of benzene rings is 2. The molecular formula is C26H26F6. The minimum atomic E-state index is -4.87. The molecule has 1 fully saturated rings. The third kappa shape index (κ3) is 4.33. The molecule has 6 heteroatoms. The van der Waals surface area contributed by atoms with Gasteiger partial charge in [0.05, 0.1) is 11.1 Å². The number of halogens is 6. The molecule has 2 aromatic carbocycles. The lowest BCUT2D eigenvalue weighted by molar-refractivity contribution is -0.139. The van der Waals surface area contributed by atoms with Crippen molar-refractivity contribution in [1.82, 2.24) is 0 Å². The molecule has 2 aromatic rings. The van der Waals surface area contributed by atoms with Gasteiger partial charge >= 0.3 is 6.18 Å². The van der Waals surface area contributed by atoms with Crippen molar-refractivity contribution in [2.45, 2.75) is 64.0 Å². The van der Waals surface area contributed by atoms with Crippen LogP contribution in [-0.4, -0.2) is 0 Å². The average Bonchev–Trinajstić information content (AvgIpc) is 2.73. The number of alkyl halides is 3. The van der Waals surface area contributed by atoms with Gasteiger partial charge in [-0.25, -0.2) is 13.2 Å². The van der Waals surface area contributed by atoms with Gasteiger partial charge in [0.2, 0.25) is 0 Å². The Morgan fingerprint density at radius 1 is 1.00 bits per heavy atom. The number of allylic oxidation sites excluding steroid dienone is 2. The van der Waals surface area contributed by atoms with Gasteiger partial charge in [0.15, 0.2) is 0 Å². The van der Waals surface area contributed by atoms with Gasteiger partial charge in [-0.3, -0.25) is 0 Å². The van der Waals surface area contributed by atoms with Crippen molar-refractivity contribution in [3.8, 4) is 11.1 Å². The normalized spacial score (nSPS) is 23.3. The van der Waals surface area contributed by atoms with Crippen LogP contribution in [0.25, 0.3) is 11.1 Å². The maximum absolute atomic E-state index is 15.4. The lowest BCUT2D eigenvalue weighted by atomic mass is 9.65. The molecule has 32 heavy (non-hydrogen) atoms. The Morgan fingerprint density at radius 3 is 2.47 bits per heavy atom. The van der Waals surface area contributed by atoms with E-state index in [4.69, 9.17) is 0 Å². The van der Waals surface area contributed by atoms with Crippen molar-refractivity contribution in [3.63, 3.8) is 0 Å². The molecule has 0 amide bonds. The number of unbranched alkanes of at least 4 members (excludes halogenated alkanes) is 1. The molecule has 0 N–H and O–H groups in total. The zero-order valence-electron chi connectivity index (χ0n) is 17.9. The summed E-state index contributed by atoms with van der Waals surface area (Å²) in [4.78, 5) is 0. The largest absolute Gasteiger partial charge is 0.419 e. The summed E-state index contributed by atoms with van der Waals surface area (Å²) < 4.78 is 83.0. The quantitative estimate of drug-likeness (QED) is 0.322. The number of hydrogen-bond acceptors (Lipinski definition) is 0. The molecule has 0 nitrogen and oxygen atoms in total. The van der Waals surface area contributed by atoms with Crippen LogP contribution in [0.2, 0.25) is 0 Å². The van der Waals surface area contributed by atoms with E-state index in [0.29, 0.717) is 41.5 Å². The molecular weight excluding hydrogens is 426 g/mol. The molecule has 0 heterocycles. The van der Waals surface area contributed by atoms with Crippen LogP contribution in [0.15, 0.2) is 36.4 Å². The van der Waals surface area contributed by atoms with Gasteiger partial charge in [-0.15, -0.1) is 0 Å². The Balaban J connectivity index is 1.64. The van der Waals surface area contributed by atoms with Crippen LogP contribution < -0.4 is 0 Å². The highest BCUT2D eigenvalue weighted by Crippen LogP contribution is 2.49. The fourth-order valence-corrected chi connectivity index (χ4v) is 5.42. The summed E-state index contributed by atoms with van der Waals surface area (Å²) >= 11 is 0. The predicted molar refractivity (Wildman–Crippen MR) is 113 cm³/mol. The third-order valence-electron chi connectivity index (χ3n) is 6.97. The Hall–Kier alpha value is -2.24. The first-order valence-corrected chi connectivity index (χ1v) is 11.2. The van der Waals surface area contributed by atoms with Gasteiger partial charge in [0.1, 0.15) is 17.5 Å². The van der Waals surface area contributed by atoms with Crippen LogP contribution in [0.1, 0.15) is 68.1 Å². The van der Waals surface area contributed by atoms with E-state index in [2.05, 4.69) is 19.1 Å². The Kier molecular flexibility index (Phi) is 6.42. The fourth-order valence-electron chi connectivity index (χ4n) is 5.42. The molecule has 0 aromatic heterocycles. The molecule has 3 atom stereocenters. The van der Waals surface area contributed by atoms with Gasteiger partial charge in [-0.2, -0.15) is 13.2 Å². The lowest BCUT2D eigenvalue weighted by Crippen LogP contribution is -2.28. The van der Waals surface area contributed by atoms with E-state index in [1.807, 2.05) is 0 Å². The summed E-state index contributed by atoms with van der Waals surface area (Å²) in [7, 11) is 0. The molecule has 1 saturated carbocycles. The fraction of sp³-hybridized carbons (Fsp3) is 0.462. The maximum atomic E-state index is 15.4. The van der Waals surface area contributed by atoms with E-state index in [0.717, 1.165) is 44.6 Å². The van der Waals surface area contributed by atoms with Gasteiger partial charge < -0.3 is 0 Å². The van der Waals surface area contributed by atoms with E-state index in [1.54, 1.807) is 0 Å². The van der Waals surface area contributed by atoms with Gasteiger partial charge in [-0.05, 0) is 91.2 Å². The number of fused-ring (bicyclic) bond motifs is 3. The number of rotatable bonds is 4. The van der Waals surface area contributed by atoms with Crippen molar-refractivity contribution in [1.29, 1.82) is 0 Å². The second-order valence-electron chi connectivity index (χ2n) is 9.00. The monoisotopic (exact) mass is 452 g/mol. The minimum Gasteiger partial charge on any atom is -0.206 e. The van der Waals surface area contributed by atoms with Crippen LogP contribution in [0.3, 0.4) is 0 Å². The molecule has 0 saturated heterocycles. The zero-order chi connectivity index (χ0) is 23.0. The van der Waals surface area contributed by atoms with Crippen LogP contribution in [0.4, 0.5) is 26.3 Å². The highest BCUT2D eigenvalue weighted by molar-refractivity contribution is 5.68. The Labute approximate surface area is 184 Å². The van der Waals surface area contributed by atoms with E-state index >= 15 is 8.78 Å². The SMILES string of the molecule is CCCC=CC1CCC2c3cc(F)c(-c4ccc(C(F)(F)F)c(F)c4)c(F)c3CCC2C1. The smallest absolute Gasteiger partial charge is 0.206 e. The van der Waals surface area contributed by atoms with E-state index < -0.39 is 34.8 Å². The molecule has 172 valence electrons. The van der Waals surface area contributed by atoms with E-state index in [9.17, 15) is 17.6 Å². The Morgan fingerprint density at radius 2 is 1.78 bits per heavy atom. The van der Waals surface area contributed by atoms with E-state index in [-0.39, 0.29) is 11.5 Å². The highest BCUT2D eigenvalue weighted by Gasteiger charge is 2.38. The summed E-state index contributed by atoms with van der Waals surface area (Å²) in [6.07, 6.45) is 5.85. The van der Waals surface area contributed by atoms with Gasteiger partial charge in [0.25, 0.3) is 0 Å². The van der Waals surface area contributed by atoms with E-state index in [1.165, 1.54) is 6.07 Å². The molecule has 3 unspecified atom stereocenters. The summed E-state index contributed by atoms with van der Waals surface area (Å²) in [5, 5.41) is 0. The summed E-state index contributed by atoms with van der Waals surface area (Å²) in [6.45, 7) is 2.13. The topological polar surface area (TPSA) is 0 Å². The first kappa shape index (κ1) is 22.9. The van der Waals surface area contributed by atoms with Gasteiger partial charge in [-0.1, -0.05) is 31.6 Å². The van der Waals surface area contributed by atoms with Crippen molar-refractivity contribution in [2.75, 3.05) is 0 Å². The molecule has 0 spiro atoms. The zero-order valence-corrected chi connectivity index (χ0v) is 17.9. The van der Waals surface area contributed by atoms with Crippen molar-refractivity contribution in [2.24, 2.45) is 11.8 Å². The molecule has 2 aliphatic rings. The van der Waals surface area contributed by atoms with Crippen molar-refractivity contribution in [3.05, 3.63) is 70.6 Å².